The third kappa shape index (κ3) is 2.59. The number of benzene rings is 1. The highest BCUT2D eigenvalue weighted by Crippen LogP contribution is 2.45. The minimum absolute atomic E-state index is 0.0125. The summed E-state index contributed by atoms with van der Waals surface area (Å²) in [6, 6.07) is 5.76. The first kappa shape index (κ1) is 16.4. The number of nitrogens with two attached hydrogens (primary N) is 1. The topological polar surface area (TPSA) is 98.0 Å². The number of hydrogen-bond donors (Lipinski definition) is 1. The van der Waals surface area contributed by atoms with Crippen LogP contribution in [0.3, 0.4) is 0 Å². The van der Waals surface area contributed by atoms with Gasteiger partial charge in [-0.2, -0.15) is 12.7 Å². The normalized spacial score (nSPS) is 19.6. The van der Waals surface area contributed by atoms with Gasteiger partial charge in [0.2, 0.25) is 0 Å². The van der Waals surface area contributed by atoms with Crippen LogP contribution in [0.2, 0.25) is 0 Å². The number of fused-ring (bicyclic) bond motifs is 1. The smallest absolute Gasteiger partial charge is 0.276 e. The molecule has 3 heterocycles. The third-order valence-corrected chi connectivity index (χ3v) is 5.98. The molecule has 0 unspecified atom stereocenters. The molecule has 0 radical (unpaired) electrons. The zero-order chi connectivity index (χ0) is 17.8. The van der Waals surface area contributed by atoms with Gasteiger partial charge in [-0.25, -0.2) is 5.14 Å². The van der Waals surface area contributed by atoms with Gasteiger partial charge in [-0.1, -0.05) is 0 Å². The van der Waals surface area contributed by atoms with Crippen molar-refractivity contribution in [2.45, 2.75) is 0 Å². The van der Waals surface area contributed by atoms with Gasteiger partial charge in [0.05, 0.1) is 19.7 Å². The molecule has 0 aliphatic carbocycles. The SMILES string of the molecule is COc1cc2nccc(N3CC4(C3)CN(S(N)(=O)=O)C4)c2cc1OC. The van der Waals surface area contributed by atoms with Crippen LogP contribution in [0.1, 0.15) is 0 Å². The maximum Gasteiger partial charge on any atom is 0.276 e. The van der Waals surface area contributed by atoms with E-state index in [-0.39, 0.29) is 5.41 Å². The molecule has 0 bridgehead atoms. The standard InChI is InChI=1S/C16H20N4O4S/c1-23-14-5-11-12(6-15(14)24-2)18-4-3-13(11)19-7-16(8-19)9-20(10-16)25(17,21)22/h3-6H,7-10H2,1-2H3,(H2,17,21,22). The second kappa shape index (κ2) is 5.45. The molecule has 0 saturated carbocycles. The lowest BCUT2D eigenvalue weighted by molar-refractivity contribution is 0.0397. The van der Waals surface area contributed by atoms with E-state index in [4.69, 9.17) is 14.6 Å². The largest absolute Gasteiger partial charge is 0.493 e. The summed E-state index contributed by atoms with van der Waals surface area (Å²) in [5.41, 5.74) is 1.90. The predicted octanol–water partition coefficient (Wildman–Crippen LogP) is 0.578. The third-order valence-electron chi connectivity index (χ3n) is 5.00. The van der Waals surface area contributed by atoms with Gasteiger partial charge in [-0.15, -0.1) is 0 Å². The van der Waals surface area contributed by atoms with E-state index >= 15 is 0 Å². The van der Waals surface area contributed by atoms with Crippen LogP contribution in [0.25, 0.3) is 10.9 Å². The van der Waals surface area contributed by atoms with Crippen molar-refractivity contribution in [1.29, 1.82) is 0 Å². The van der Waals surface area contributed by atoms with Crippen molar-refractivity contribution in [2.24, 2.45) is 10.6 Å². The molecular formula is C16H20N4O4S. The van der Waals surface area contributed by atoms with Gasteiger partial charge < -0.3 is 14.4 Å². The highest BCUT2D eigenvalue weighted by Gasteiger charge is 2.54. The van der Waals surface area contributed by atoms with E-state index in [1.807, 2.05) is 18.2 Å². The number of pyridine rings is 1. The molecule has 2 fully saturated rings. The number of nitrogens with zero attached hydrogens (tertiary/aromatic N) is 3. The van der Waals surface area contributed by atoms with Crippen LogP contribution < -0.4 is 19.5 Å². The molecule has 25 heavy (non-hydrogen) atoms. The number of rotatable bonds is 4. The maximum atomic E-state index is 11.4. The van der Waals surface area contributed by atoms with Gasteiger partial charge >= 0.3 is 0 Å². The zero-order valence-corrected chi connectivity index (χ0v) is 14.9. The van der Waals surface area contributed by atoms with Crippen molar-refractivity contribution in [2.75, 3.05) is 45.3 Å². The van der Waals surface area contributed by atoms with Crippen LogP contribution in [-0.2, 0) is 10.2 Å². The number of hydrogen-bond acceptors (Lipinski definition) is 6. The average molecular weight is 364 g/mol. The van der Waals surface area contributed by atoms with Crippen LogP contribution in [-0.4, -0.2) is 58.1 Å². The van der Waals surface area contributed by atoms with Crippen molar-refractivity contribution < 1.29 is 17.9 Å². The summed E-state index contributed by atoms with van der Waals surface area (Å²) in [7, 11) is -0.369. The molecule has 2 N–H and O–H groups in total. The van der Waals surface area contributed by atoms with Crippen LogP contribution >= 0.6 is 0 Å². The maximum absolute atomic E-state index is 11.4. The Morgan fingerprint density at radius 3 is 2.36 bits per heavy atom. The Kier molecular flexibility index (Phi) is 3.57. The van der Waals surface area contributed by atoms with E-state index in [1.54, 1.807) is 20.4 Å². The molecular weight excluding hydrogens is 344 g/mol. The van der Waals surface area contributed by atoms with Gasteiger partial charge in [0.1, 0.15) is 0 Å². The first-order chi connectivity index (χ1) is 11.8. The van der Waals surface area contributed by atoms with Crippen LogP contribution in [0, 0.1) is 5.41 Å². The van der Waals surface area contributed by atoms with Crippen molar-refractivity contribution in [3.8, 4) is 11.5 Å². The summed E-state index contributed by atoms with van der Waals surface area (Å²) < 4.78 is 34.8. The van der Waals surface area contributed by atoms with Gasteiger partial charge in [0, 0.05) is 54.9 Å². The Labute approximate surface area is 146 Å². The summed E-state index contributed by atoms with van der Waals surface area (Å²) in [6.07, 6.45) is 1.77. The van der Waals surface area contributed by atoms with Crippen LogP contribution in [0.5, 0.6) is 11.5 Å². The zero-order valence-electron chi connectivity index (χ0n) is 14.1. The Morgan fingerprint density at radius 1 is 1.12 bits per heavy atom. The molecule has 2 aliphatic rings. The van der Waals surface area contributed by atoms with Crippen LogP contribution in [0.4, 0.5) is 5.69 Å². The van der Waals surface area contributed by atoms with Crippen molar-refractivity contribution in [3.63, 3.8) is 0 Å². The molecule has 2 aliphatic heterocycles. The second-order valence-electron chi connectivity index (χ2n) is 6.72. The minimum Gasteiger partial charge on any atom is -0.493 e. The fourth-order valence-corrected chi connectivity index (χ4v) is 4.66. The summed E-state index contributed by atoms with van der Waals surface area (Å²) in [4.78, 5) is 6.65. The summed E-state index contributed by atoms with van der Waals surface area (Å²) in [6.45, 7) is 2.57. The summed E-state index contributed by atoms with van der Waals surface area (Å²) in [5.74, 6) is 1.30. The average Bonchev–Trinajstić information content (AvgIpc) is 2.49. The molecule has 0 amide bonds. The highest BCUT2D eigenvalue weighted by atomic mass is 32.2. The van der Waals surface area contributed by atoms with Crippen molar-refractivity contribution in [3.05, 3.63) is 24.4 Å². The van der Waals surface area contributed by atoms with Gasteiger partial charge in [-0.3, -0.25) is 4.98 Å². The lowest BCUT2D eigenvalue weighted by Gasteiger charge is -2.60. The predicted molar refractivity (Wildman–Crippen MR) is 94.2 cm³/mol. The Balaban J connectivity index is 1.59. The molecule has 0 atom stereocenters. The van der Waals surface area contributed by atoms with Gasteiger partial charge in [0.15, 0.2) is 11.5 Å². The van der Waals surface area contributed by atoms with E-state index < -0.39 is 10.2 Å². The highest BCUT2D eigenvalue weighted by molar-refractivity contribution is 7.86. The lowest BCUT2D eigenvalue weighted by Crippen LogP contribution is -2.73. The molecule has 2 aromatic rings. The van der Waals surface area contributed by atoms with Crippen molar-refractivity contribution in [1.82, 2.24) is 9.29 Å². The molecule has 9 heteroatoms. The van der Waals surface area contributed by atoms with E-state index in [0.29, 0.717) is 24.6 Å². The van der Waals surface area contributed by atoms with E-state index in [2.05, 4.69) is 9.88 Å². The number of ether oxygens (including phenoxy) is 2. The number of anilines is 1. The molecule has 8 nitrogen and oxygen atoms in total. The van der Waals surface area contributed by atoms with E-state index in [9.17, 15) is 8.42 Å². The molecule has 1 aromatic heterocycles. The Morgan fingerprint density at radius 2 is 1.76 bits per heavy atom. The van der Waals surface area contributed by atoms with Crippen molar-refractivity contribution >= 4 is 26.8 Å². The molecule has 1 aromatic carbocycles. The monoisotopic (exact) mass is 364 g/mol. The fraction of sp³-hybridized carbons (Fsp3) is 0.438. The van der Waals surface area contributed by atoms with Crippen LogP contribution in [0.15, 0.2) is 24.4 Å². The van der Waals surface area contributed by atoms with Gasteiger partial charge in [-0.05, 0) is 12.1 Å². The fourth-order valence-electron chi connectivity index (χ4n) is 3.75. The van der Waals surface area contributed by atoms with E-state index in [1.165, 1.54) is 4.31 Å². The second-order valence-corrected chi connectivity index (χ2v) is 8.27. The summed E-state index contributed by atoms with van der Waals surface area (Å²) >= 11 is 0. The first-order valence-corrected chi connectivity index (χ1v) is 9.39. The van der Waals surface area contributed by atoms with Gasteiger partial charge in [0.25, 0.3) is 10.2 Å². The molecule has 2 saturated heterocycles. The number of methoxy groups -OCH3 is 2. The minimum atomic E-state index is -3.57. The molecule has 134 valence electrons. The quantitative estimate of drug-likeness (QED) is 0.852. The first-order valence-electron chi connectivity index (χ1n) is 7.89. The molecule has 4 rings (SSSR count). The number of aromatic nitrogens is 1. The molecule has 1 spiro atoms. The van der Waals surface area contributed by atoms with E-state index in [0.717, 1.165) is 29.7 Å². The Bertz CT molecular complexity index is 933. The Hall–Kier alpha value is -2.10. The lowest BCUT2D eigenvalue weighted by atomic mass is 9.74. The summed E-state index contributed by atoms with van der Waals surface area (Å²) in [5, 5.41) is 6.15.